The maximum Gasteiger partial charge on any atom is 0.154 e. The topological polar surface area (TPSA) is 75.6 Å². The third-order valence-electron chi connectivity index (χ3n) is 4.39. The molecule has 0 spiro atoms. The maximum absolute atomic E-state index is 4.79. The number of anilines is 1. The van der Waals surface area contributed by atoms with E-state index in [0.717, 1.165) is 47.7 Å². The third-order valence-corrected chi connectivity index (χ3v) is 4.39. The molecular formula is C18H20N6. The summed E-state index contributed by atoms with van der Waals surface area (Å²) in [5.74, 6) is 1.43. The van der Waals surface area contributed by atoms with E-state index in [1.807, 2.05) is 18.2 Å². The van der Waals surface area contributed by atoms with Crippen LogP contribution in [0.4, 0.5) is 5.82 Å². The van der Waals surface area contributed by atoms with Crippen molar-refractivity contribution in [3.05, 3.63) is 43.0 Å². The Labute approximate surface area is 140 Å². The van der Waals surface area contributed by atoms with Crippen LogP contribution in [0.15, 0.2) is 43.0 Å². The van der Waals surface area contributed by atoms with Crippen LogP contribution < -0.4 is 10.6 Å². The lowest BCUT2D eigenvalue weighted by atomic mass is 10.00. The lowest BCUT2D eigenvalue weighted by molar-refractivity contribution is 0.392. The first-order chi connectivity index (χ1) is 11.9. The minimum atomic E-state index is 0.622. The molecule has 1 aliphatic heterocycles. The lowest BCUT2D eigenvalue weighted by Crippen LogP contribution is -2.33. The molecule has 1 unspecified atom stereocenters. The lowest BCUT2D eigenvalue weighted by Gasteiger charge is -2.23. The van der Waals surface area contributed by atoms with Gasteiger partial charge in [0, 0.05) is 36.9 Å². The predicted molar refractivity (Wildman–Crippen MR) is 94.6 cm³/mol. The highest BCUT2D eigenvalue weighted by molar-refractivity contribution is 5.88. The summed E-state index contributed by atoms with van der Waals surface area (Å²) in [6.07, 6.45) is 9.46. The van der Waals surface area contributed by atoms with Gasteiger partial charge in [0.1, 0.15) is 5.52 Å². The molecule has 0 aromatic carbocycles. The van der Waals surface area contributed by atoms with Gasteiger partial charge in [0.2, 0.25) is 0 Å². The number of rotatable bonds is 4. The van der Waals surface area contributed by atoms with E-state index in [1.165, 1.54) is 12.8 Å². The van der Waals surface area contributed by atoms with Gasteiger partial charge in [0.15, 0.2) is 5.82 Å². The zero-order chi connectivity index (χ0) is 16.2. The van der Waals surface area contributed by atoms with E-state index in [9.17, 15) is 0 Å². The van der Waals surface area contributed by atoms with Crippen LogP contribution in [-0.4, -0.2) is 39.6 Å². The Hall–Kier alpha value is -2.60. The Kier molecular flexibility index (Phi) is 4.29. The summed E-state index contributed by atoms with van der Waals surface area (Å²) in [6.45, 7) is 3.08. The van der Waals surface area contributed by atoms with Gasteiger partial charge in [0.25, 0.3) is 0 Å². The van der Waals surface area contributed by atoms with E-state index < -0.39 is 0 Å². The number of hydrogen-bond donors (Lipinski definition) is 2. The fourth-order valence-electron chi connectivity index (χ4n) is 3.11. The van der Waals surface area contributed by atoms with Crippen LogP contribution in [0.25, 0.3) is 22.3 Å². The molecule has 122 valence electrons. The Bertz CT molecular complexity index is 814. The Balaban J connectivity index is 1.67. The fraction of sp³-hybridized carbons (Fsp3) is 0.333. The summed E-state index contributed by atoms with van der Waals surface area (Å²) in [7, 11) is 0. The van der Waals surface area contributed by atoms with Gasteiger partial charge in [-0.3, -0.25) is 9.97 Å². The molecule has 4 heterocycles. The smallest absolute Gasteiger partial charge is 0.154 e. The normalized spacial score (nSPS) is 17.8. The van der Waals surface area contributed by atoms with Crippen molar-refractivity contribution in [2.45, 2.75) is 12.8 Å². The summed E-state index contributed by atoms with van der Waals surface area (Å²) in [4.78, 5) is 17.8. The van der Waals surface area contributed by atoms with E-state index in [2.05, 4.69) is 25.6 Å². The molecule has 4 rings (SSSR count). The molecule has 3 aromatic rings. The molecule has 24 heavy (non-hydrogen) atoms. The van der Waals surface area contributed by atoms with Gasteiger partial charge in [0.05, 0.1) is 11.2 Å². The Morgan fingerprint density at radius 1 is 1.12 bits per heavy atom. The third kappa shape index (κ3) is 3.19. The number of nitrogens with zero attached hydrogens (tertiary/aromatic N) is 4. The number of piperidine rings is 1. The van der Waals surface area contributed by atoms with Crippen molar-refractivity contribution in [2.75, 3.05) is 25.0 Å². The number of nitrogens with one attached hydrogen (secondary N) is 2. The van der Waals surface area contributed by atoms with Gasteiger partial charge < -0.3 is 10.6 Å². The molecule has 0 bridgehead atoms. The van der Waals surface area contributed by atoms with Gasteiger partial charge in [-0.1, -0.05) is 0 Å². The monoisotopic (exact) mass is 320 g/mol. The highest BCUT2D eigenvalue weighted by atomic mass is 15.0. The van der Waals surface area contributed by atoms with Crippen LogP contribution in [0.3, 0.4) is 0 Å². The summed E-state index contributed by atoms with van der Waals surface area (Å²) in [6, 6.07) is 5.89. The number of hydrogen-bond acceptors (Lipinski definition) is 6. The molecule has 0 radical (unpaired) electrons. The van der Waals surface area contributed by atoms with Gasteiger partial charge in [-0.25, -0.2) is 9.97 Å². The van der Waals surface area contributed by atoms with Crippen molar-refractivity contribution in [2.24, 2.45) is 5.92 Å². The second kappa shape index (κ2) is 6.88. The zero-order valence-corrected chi connectivity index (χ0v) is 13.4. The van der Waals surface area contributed by atoms with Crippen LogP contribution in [0.5, 0.6) is 0 Å². The maximum atomic E-state index is 4.79. The molecule has 0 amide bonds. The van der Waals surface area contributed by atoms with Crippen molar-refractivity contribution in [1.82, 2.24) is 25.3 Å². The van der Waals surface area contributed by atoms with Crippen LogP contribution in [0.1, 0.15) is 12.8 Å². The molecule has 0 aliphatic carbocycles. The van der Waals surface area contributed by atoms with Crippen LogP contribution in [-0.2, 0) is 0 Å². The summed E-state index contributed by atoms with van der Waals surface area (Å²) in [5, 5.41) is 6.95. The summed E-state index contributed by atoms with van der Waals surface area (Å²) >= 11 is 0. The van der Waals surface area contributed by atoms with E-state index in [1.54, 1.807) is 24.8 Å². The van der Waals surface area contributed by atoms with Gasteiger partial charge in [-0.15, -0.1) is 0 Å². The van der Waals surface area contributed by atoms with Crippen LogP contribution in [0, 0.1) is 5.92 Å². The summed E-state index contributed by atoms with van der Waals surface area (Å²) < 4.78 is 0. The number of aromatic nitrogens is 4. The van der Waals surface area contributed by atoms with E-state index >= 15 is 0 Å². The first-order valence-corrected chi connectivity index (χ1v) is 8.37. The van der Waals surface area contributed by atoms with Gasteiger partial charge in [-0.2, -0.15) is 0 Å². The van der Waals surface area contributed by atoms with Crippen molar-refractivity contribution in [3.63, 3.8) is 0 Å². The molecule has 1 atom stereocenters. The molecule has 1 saturated heterocycles. The Morgan fingerprint density at radius 2 is 2.00 bits per heavy atom. The van der Waals surface area contributed by atoms with Gasteiger partial charge in [-0.05, 0) is 50.0 Å². The second-order valence-corrected chi connectivity index (χ2v) is 6.11. The molecule has 3 aromatic heterocycles. The minimum absolute atomic E-state index is 0.622. The first-order valence-electron chi connectivity index (χ1n) is 8.37. The largest absolute Gasteiger partial charge is 0.368 e. The highest BCUT2D eigenvalue weighted by Crippen LogP contribution is 2.25. The molecule has 6 heteroatoms. The van der Waals surface area contributed by atoms with Crippen molar-refractivity contribution in [1.29, 1.82) is 0 Å². The predicted octanol–water partition coefficient (Wildman–Crippen LogP) is 2.50. The van der Waals surface area contributed by atoms with Crippen molar-refractivity contribution in [3.8, 4) is 11.3 Å². The fourth-order valence-corrected chi connectivity index (χ4v) is 3.11. The van der Waals surface area contributed by atoms with E-state index in [0.29, 0.717) is 5.92 Å². The van der Waals surface area contributed by atoms with Crippen molar-refractivity contribution < 1.29 is 0 Å². The molecule has 1 aliphatic rings. The minimum Gasteiger partial charge on any atom is -0.368 e. The summed E-state index contributed by atoms with van der Waals surface area (Å²) in [5.41, 5.74) is 3.58. The molecular weight excluding hydrogens is 300 g/mol. The number of fused-ring (bicyclic) bond motifs is 1. The molecule has 2 N–H and O–H groups in total. The standard InChI is InChI=1S/C18H20N6/c1-2-13(11-20-5-1)12-23-18-17-16(21-8-9-22-17)10-15(24-18)14-3-6-19-7-4-14/h3-4,6-10,13,20H,1-2,5,11-12H2,(H,23,24). The molecule has 0 saturated carbocycles. The van der Waals surface area contributed by atoms with Crippen LogP contribution in [0.2, 0.25) is 0 Å². The zero-order valence-electron chi connectivity index (χ0n) is 13.4. The average molecular weight is 320 g/mol. The molecule has 1 fully saturated rings. The number of pyridine rings is 2. The average Bonchev–Trinajstić information content (AvgIpc) is 2.67. The highest BCUT2D eigenvalue weighted by Gasteiger charge is 2.15. The SMILES string of the molecule is c1cc(-c2cc3nccnc3c(NCC3CCCNC3)n2)ccn1. The van der Waals surface area contributed by atoms with E-state index in [4.69, 9.17) is 4.98 Å². The van der Waals surface area contributed by atoms with Gasteiger partial charge >= 0.3 is 0 Å². The van der Waals surface area contributed by atoms with Crippen molar-refractivity contribution >= 4 is 16.9 Å². The Morgan fingerprint density at radius 3 is 2.83 bits per heavy atom. The first kappa shape index (κ1) is 15.0. The quantitative estimate of drug-likeness (QED) is 0.769. The molecule has 6 nitrogen and oxygen atoms in total. The second-order valence-electron chi connectivity index (χ2n) is 6.11. The van der Waals surface area contributed by atoms with E-state index in [-0.39, 0.29) is 0 Å². The van der Waals surface area contributed by atoms with Crippen LogP contribution >= 0.6 is 0 Å².